The largest absolute Gasteiger partial charge is 0.508 e. The van der Waals surface area contributed by atoms with Crippen molar-refractivity contribution in [2.75, 3.05) is 12.4 Å². The fourth-order valence-corrected chi connectivity index (χ4v) is 2.49. The van der Waals surface area contributed by atoms with Crippen molar-refractivity contribution in [1.29, 1.82) is 0 Å². The van der Waals surface area contributed by atoms with Gasteiger partial charge in [0, 0.05) is 11.3 Å². The van der Waals surface area contributed by atoms with Crippen LogP contribution in [0.1, 0.15) is 10.4 Å². The maximum atomic E-state index is 12.3. The van der Waals surface area contributed by atoms with Crippen LogP contribution in [0.25, 0.3) is 0 Å². The number of hydrogen-bond acceptors (Lipinski definition) is 4. The Kier molecular flexibility index (Phi) is 5.29. The van der Waals surface area contributed by atoms with Crippen LogP contribution >= 0.6 is 11.6 Å². The molecular weight excluding hydrogens is 354 g/mol. The monoisotopic (exact) mass is 369 g/mol. The van der Waals surface area contributed by atoms with E-state index in [1.807, 2.05) is 0 Å². The molecule has 0 saturated carbocycles. The molecule has 2 N–H and O–H groups in total. The zero-order valence-electron chi connectivity index (χ0n) is 13.9. The lowest BCUT2D eigenvalue weighted by Crippen LogP contribution is -2.11. The summed E-state index contributed by atoms with van der Waals surface area (Å²) in [6.07, 6.45) is 0. The highest BCUT2D eigenvalue weighted by Crippen LogP contribution is 2.32. The molecule has 0 atom stereocenters. The summed E-state index contributed by atoms with van der Waals surface area (Å²) in [5.74, 6) is 1.47. The first-order chi connectivity index (χ1) is 12.5. The standard InChI is InChI=1S/C20H16ClNO4/c1-25-17-4-2-3-13(11-17)20(24)22-14-5-10-19(18(21)12-14)26-16-8-6-15(23)7-9-16/h2-12,23H,1H3,(H,22,24). The lowest BCUT2D eigenvalue weighted by atomic mass is 10.2. The summed E-state index contributed by atoms with van der Waals surface area (Å²) in [6.45, 7) is 0. The number of methoxy groups -OCH3 is 1. The number of hydrogen-bond donors (Lipinski definition) is 2. The lowest BCUT2D eigenvalue weighted by molar-refractivity contribution is 0.102. The van der Waals surface area contributed by atoms with Crippen molar-refractivity contribution in [1.82, 2.24) is 0 Å². The van der Waals surface area contributed by atoms with E-state index in [0.29, 0.717) is 33.5 Å². The molecule has 6 heteroatoms. The summed E-state index contributed by atoms with van der Waals surface area (Å²) in [7, 11) is 1.55. The van der Waals surface area contributed by atoms with Gasteiger partial charge in [-0.15, -0.1) is 0 Å². The van der Waals surface area contributed by atoms with Crippen molar-refractivity contribution >= 4 is 23.2 Å². The number of ether oxygens (including phenoxy) is 2. The molecule has 0 radical (unpaired) electrons. The molecule has 26 heavy (non-hydrogen) atoms. The summed E-state index contributed by atoms with van der Waals surface area (Å²) in [4.78, 5) is 12.3. The van der Waals surface area contributed by atoms with Gasteiger partial charge in [-0.25, -0.2) is 0 Å². The number of benzene rings is 3. The molecule has 0 heterocycles. The van der Waals surface area contributed by atoms with Crippen LogP contribution in [-0.2, 0) is 0 Å². The predicted molar refractivity (Wildman–Crippen MR) is 101 cm³/mol. The predicted octanol–water partition coefficient (Wildman–Crippen LogP) is 5.10. The lowest BCUT2D eigenvalue weighted by Gasteiger charge is -2.11. The van der Waals surface area contributed by atoms with Gasteiger partial charge in [-0.1, -0.05) is 17.7 Å². The van der Waals surface area contributed by atoms with Crippen LogP contribution in [0.3, 0.4) is 0 Å². The zero-order chi connectivity index (χ0) is 18.5. The smallest absolute Gasteiger partial charge is 0.255 e. The number of amides is 1. The SMILES string of the molecule is COc1cccc(C(=O)Nc2ccc(Oc3ccc(O)cc3)c(Cl)c2)c1. The number of nitrogens with one attached hydrogen (secondary N) is 1. The molecule has 0 aliphatic carbocycles. The van der Waals surface area contributed by atoms with E-state index in [-0.39, 0.29) is 11.7 Å². The van der Waals surface area contributed by atoms with Gasteiger partial charge in [0.05, 0.1) is 12.1 Å². The van der Waals surface area contributed by atoms with Gasteiger partial charge in [0.2, 0.25) is 0 Å². The first-order valence-corrected chi connectivity index (χ1v) is 8.15. The zero-order valence-corrected chi connectivity index (χ0v) is 14.7. The number of anilines is 1. The van der Waals surface area contributed by atoms with Gasteiger partial charge in [0.1, 0.15) is 23.0 Å². The fraction of sp³-hybridized carbons (Fsp3) is 0.0500. The van der Waals surface area contributed by atoms with Crippen molar-refractivity contribution in [3.05, 3.63) is 77.3 Å². The molecule has 0 aliphatic heterocycles. The summed E-state index contributed by atoms with van der Waals surface area (Å²) in [6, 6.07) is 18.1. The first kappa shape index (κ1) is 17.6. The highest BCUT2D eigenvalue weighted by Gasteiger charge is 2.10. The number of carbonyl (C=O) groups is 1. The number of halogens is 1. The molecule has 3 aromatic carbocycles. The van der Waals surface area contributed by atoms with E-state index in [9.17, 15) is 9.90 Å². The molecule has 0 spiro atoms. The van der Waals surface area contributed by atoms with Crippen LogP contribution in [0.15, 0.2) is 66.7 Å². The number of phenolic OH excluding ortho intramolecular Hbond substituents is 1. The molecule has 0 aromatic heterocycles. The Labute approximate surface area is 155 Å². The van der Waals surface area contributed by atoms with Crippen molar-refractivity contribution in [3.8, 4) is 23.0 Å². The van der Waals surface area contributed by atoms with Gasteiger partial charge in [0.25, 0.3) is 5.91 Å². The molecule has 0 unspecified atom stereocenters. The second kappa shape index (κ2) is 7.80. The van der Waals surface area contributed by atoms with E-state index in [2.05, 4.69) is 5.32 Å². The third-order valence-corrected chi connectivity index (χ3v) is 3.88. The summed E-state index contributed by atoms with van der Waals surface area (Å²) < 4.78 is 10.8. The molecule has 3 aromatic rings. The second-order valence-corrected chi connectivity index (χ2v) is 5.83. The Morgan fingerprint density at radius 2 is 1.77 bits per heavy atom. The number of carbonyl (C=O) groups excluding carboxylic acids is 1. The Bertz CT molecular complexity index is 925. The minimum Gasteiger partial charge on any atom is -0.508 e. The van der Waals surface area contributed by atoms with Crippen molar-refractivity contribution in [2.24, 2.45) is 0 Å². The Balaban J connectivity index is 1.72. The van der Waals surface area contributed by atoms with Crippen LogP contribution in [0.4, 0.5) is 5.69 Å². The maximum absolute atomic E-state index is 12.3. The van der Waals surface area contributed by atoms with E-state index >= 15 is 0 Å². The molecule has 3 rings (SSSR count). The van der Waals surface area contributed by atoms with E-state index in [1.54, 1.807) is 61.7 Å². The average molecular weight is 370 g/mol. The maximum Gasteiger partial charge on any atom is 0.255 e. The highest BCUT2D eigenvalue weighted by molar-refractivity contribution is 6.32. The van der Waals surface area contributed by atoms with Crippen LogP contribution in [0, 0.1) is 0 Å². The second-order valence-electron chi connectivity index (χ2n) is 5.43. The minimum absolute atomic E-state index is 0.152. The Morgan fingerprint density at radius 1 is 1.00 bits per heavy atom. The Morgan fingerprint density at radius 3 is 2.46 bits per heavy atom. The highest BCUT2D eigenvalue weighted by atomic mass is 35.5. The molecule has 5 nitrogen and oxygen atoms in total. The molecule has 0 saturated heterocycles. The van der Waals surface area contributed by atoms with Gasteiger partial charge < -0.3 is 19.9 Å². The third-order valence-electron chi connectivity index (χ3n) is 3.59. The summed E-state index contributed by atoms with van der Waals surface area (Å²) in [5.41, 5.74) is 1.02. The van der Waals surface area contributed by atoms with Crippen molar-refractivity contribution in [2.45, 2.75) is 0 Å². The number of rotatable bonds is 5. The summed E-state index contributed by atoms with van der Waals surface area (Å²) in [5, 5.41) is 12.4. The van der Waals surface area contributed by atoms with Gasteiger partial charge in [0.15, 0.2) is 0 Å². The fourth-order valence-electron chi connectivity index (χ4n) is 2.27. The minimum atomic E-state index is -0.271. The van der Waals surface area contributed by atoms with Crippen molar-refractivity contribution in [3.63, 3.8) is 0 Å². The number of phenols is 1. The van der Waals surface area contributed by atoms with E-state index in [0.717, 1.165) is 0 Å². The van der Waals surface area contributed by atoms with E-state index in [4.69, 9.17) is 21.1 Å². The van der Waals surface area contributed by atoms with E-state index in [1.165, 1.54) is 12.1 Å². The topological polar surface area (TPSA) is 67.8 Å². The molecule has 132 valence electrons. The van der Waals surface area contributed by atoms with Crippen LogP contribution in [0.2, 0.25) is 5.02 Å². The number of aromatic hydroxyl groups is 1. The first-order valence-electron chi connectivity index (χ1n) is 7.77. The van der Waals surface area contributed by atoms with E-state index < -0.39 is 0 Å². The van der Waals surface area contributed by atoms with Crippen LogP contribution in [0.5, 0.6) is 23.0 Å². The normalized spacial score (nSPS) is 10.2. The quantitative estimate of drug-likeness (QED) is 0.656. The molecule has 0 bridgehead atoms. The molecule has 0 aliphatic rings. The Hall–Kier alpha value is -3.18. The average Bonchev–Trinajstić information content (AvgIpc) is 2.65. The third kappa shape index (κ3) is 4.26. The van der Waals surface area contributed by atoms with Gasteiger partial charge in [-0.05, 0) is 60.7 Å². The van der Waals surface area contributed by atoms with Gasteiger partial charge in [-0.2, -0.15) is 0 Å². The molecule has 0 fully saturated rings. The van der Waals surface area contributed by atoms with Gasteiger partial charge >= 0.3 is 0 Å². The van der Waals surface area contributed by atoms with Crippen molar-refractivity contribution < 1.29 is 19.4 Å². The molecular formula is C20H16ClNO4. The van der Waals surface area contributed by atoms with Crippen LogP contribution < -0.4 is 14.8 Å². The molecule has 1 amide bonds. The van der Waals surface area contributed by atoms with Gasteiger partial charge in [-0.3, -0.25) is 4.79 Å². The van der Waals surface area contributed by atoms with Crippen LogP contribution in [-0.4, -0.2) is 18.1 Å². The summed E-state index contributed by atoms with van der Waals surface area (Å²) >= 11 is 6.24.